The Morgan fingerprint density at radius 2 is 2.07 bits per heavy atom. The van der Waals surface area contributed by atoms with Gasteiger partial charge in [0.2, 0.25) is 5.91 Å². The first-order chi connectivity index (χ1) is 6.52. The van der Waals surface area contributed by atoms with E-state index in [1.54, 1.807) is 0 Å². The normalized spacial score (nSPS) is 20.6. The van der Waals surface area contributed by atoms with Crippen LogP contribution in [0.15, 0.2) is 0 Å². The molecule has 0 aliphatic heterocycles. The summed E-state index contributed by atoms with van der Waals surface area (Å²) in [4.78, 5) is 11.5. The summed E-state index contributed by atoms with van der Waals surface area (Å²) in [7, 11) is 0. The summed E-state index contributed by atoms with van der Waals surface area (Å²) in [6.45, 7) is 7.34. The molecular formula is C11H20BrNO. The molecule has 1 fully saturated rings. The quantitative estimate of drug-likeness (QED) is 0.758. The van der Waals surface area contributed by atoms with Gasteiger partial charge in [0, 0.05) is 6.54 Å². The summed E-state index contributed by atoms with van der Waals surface area (Å²) in [6, 6.07) is 0. The summed E-state index contributed by atoms with van der Waals surface area (Å²) < 4.78 is 0. The fourth-order valence-electron chi connectivity index (χ4n) is 1.68. The van der Waals surface area contributed by atoms with E-state index in [-0.39, 0.29) is 10.7 Å². The van der Waals surface area contributed by atoms with Crippen molar-refractivity contribution in [1.29, 1.82) is 0 Å². The summed E-state index contributed by atoms with van der Waals surface area (Å²) in [5, 5.41) is 3.03. The molecule has 1 rings (SSSR count). The van der Waals surface area contributed by atoms with Crippen LogP contribution in [0.3, 0.4) is 0 Å². The fourth-order valence-corrected chi connectivity index (χ4v) is 1.84. The first kappa shape index (κ1) is 12.0. The van der Waals surface area contributed by atoms with Crippen LogP contribution in [0, 0.1) is 11.3 Å². The minimum atomic E-state index is -0.0227. The Hall–Kier alpha value is -0.0500. The van der Waals surface area contributed by atoms with Crippen LogP contribution in [0.2, 0.25) is 0 Å². The molecule has 0 radical (unpaired) electrons. The number of carbonyl (C=O) groups excluding carboxylic acids is 1. The second-order valence-corrected chi connectivity index (χ2v) is 5.72. The van der Waals surface area contributed by atoms with Gasteiger partial charge in [-0.05, 0) is 30.6 Å². The Balaban J connectivity index is 2.30. The average molecular weight is 262 g/mol. The molecule has 1 aliphatic carbocycles. The molecule has 3 heteroatoms. The molecule has 82 valence electrons. The van der Waals surface area contributed by atoms with Crippen LogP contribution in [0.1, 0.15) is 40.0 Å². The molecule has 0 saturated heterocycles. The van der Waals surface area contributed by atoms with Gasteiger partial charge in [-0.3, -0.25) is 4.79 Å². The van der Waals surface area contributed by atoms with Crippen molar-refractivity contribution in [3.8, 4) is 0 Å². The Morgan fingerprint density at radius 1 is 1.50 bits per heavy atom. The Kier molecular flexibility index (Phi) is 3.99. The van der Waals surface area contributed by atoms with Gasteiger partial charge in [0.15, 0.2) is 0 Å². The second kappa shape index (κ2) is 4.65. The molecule has 0 aromatic carbocycles. The Bertz CT molecular complexity index is 211. The number of amides is 1. The number of nitrogens with one attached hydrogen (secondary N) is 1. The molecule has 1 aliphatic rings. The minimum absolute atomic E-state index is 0.0227. The van der Waals surface area contributed by atoms with Gasteiger partial charge in [0.05, 0.1) is 4.83 Å². The van der Waals surface area contributed by atoms with Crippen molar-refractivity contribution in [3.05, 3.63) is 0 Å². The highest BCUT2D eigenvalue weighted by atomic mass is 79.9. The van der Waals surface area contributed by atoms with Gasteiger partial charge in [-0.25, -0.2) is 0 Å². The monoisotopic (exact) mass is 261 g/mol. The number of halogens is 1. The van der Waals surface area contributed by atoms with E-state index in [4.69, 9.17) is 0 Å². The summed E-state index contributed by atoms with van der Waals surface area (Å²) >= 11 is 3.36. The highest BCUT2D eigenvalue weighted by Crippen LogP contribution is 2.51. The molecule has 2 nitrogen and oxygen atoms in total. The highest BCUT2D eigenvalue weighted by molar-refractivity contribution is 9.10. The first-order valence-electron chi connectivity index (χ1n) is 5.43. The number of alkyl halides is 1. The van der Waals surface area contributed by atoms with Gasteiger partial charge >= 0.3 is 0 Å². The fraction of sp³-hybridized carbons (Fsp3) is 0.909. The molecular weight excluding hydrogens is 242 g/mol. The van der Waals surface area contributed by atoms with Gasteiger partial charge in [0.25, 0.3) is 0 Å². The Morgan fingerprint density at radius 3 is 2.43 bits per heavy atom. The van der Waals surface area contributed by atoms with Crippen LogP contribution >= 0.6 is 15.9 Å². The zero-order chi connectivity index (χ0) is 10.8. The lowest BCUT2D eigenvalue weighted by atomic mass is 9.92. The number of carbonyl (C=O) groups is 1. The van der Waals surface area contributed by atoms with Crippen molar-refractivity contribution in [2.45, 2.75) is 44.9 Å². The van der Waals surface area contributed by atoms with Gasteiger partial charge in [-0.15, -0.1) is 0 Å². The molecule has 1 atom stereocenters. The third-order valence-electron chi connectivity index (χ3n) is 3.37. The molecule has 0 heterocycles. The number of hydrogen-bond donors (Lipinski definition) is 1. The van der Waals surface area contributed by atoms with Crippen molar-refractivity contribution < 1.29 is 4.79 Å². The van der Waals surface area contributed by atoms with Gasteiger partial charge in [0.1, 0.15) is 0 Å². The largest absolute Gasteiger partial charge is 0.355 e. The smallest absolute Gasteiger partial charge is 0.233 e. The third kappa shape index (κ3) is 2.72. The standard InChI is InChI=1S/C11H20BrNO/c1-4-9(12)10(14)13-7-11(5-6-11)8(2)3/h8-9H,4-7H2,1-3H3,(H,13,14). The molecule has 1 saturated carbocycles. The van der Waals surface area contributed by atoms with Crippen molar-refractivity contribution >= 4 is 21.8 Å². The molecule has 1 N–H and O–H groups in total. The minimum Gasteiger partial charge on any atom is -0.355 e. The maximum Gasteiger partial charge on any atom is 0.233 e. The maximum absolute atomic E-state index is 11.5. The molecule has 0 aromatic rings. The second-order valence-electron chi connectivity index (χ2n) is 4.61. The number of hydrogen-bond acceptors (Lipinski definition) is 1. The van der Waals surface area contributed by atoms with Gasteiger partial charge in [-0.2, -0.15) is 0 Å². The van der Waals surface area contributed by atoms with Crippen LogP contribution < -0.4 is 5.32 Å². The van der Waals surface area contributed by atoms with Gasteiger partial charge < -0.3 is 5.32 Å². The molecule has 14 heavy (non-hydrogen) atoms. The van der Waals surface area contributed by atoms with Crippen molar-refractivity contribution in [3.63, 3.8) is 0 Å². The summed E-state index contributed by atoms with van der Waals surface area (Å²) in [6.07, 6.45) is 3.38. The molecule has 1 amide bonds. The van der Waals surface area contributed by atoms with Crippen LogP contribution in [-0.4, -0.2) is 17.3 Å². The van der Waals surface area contributed by atoms with Crippen molar-refractivity contribution in [2.24, 2.45) is 11.3 Å². The SMILES string of the molecule is CCC(Br)C(=O)NCC1(C(C)C)CC1. The molecule has 1 unspecified atom stereocenters. The number of rotatable bonds is 5. The highest BCUT2D eigenvalue weighted by Gasteiger charge is 2.45. The van der Waals surface area contributed by atoms with Crippen molar-refractivity contribution in [1.82, 2.24) is 5.32 Å². The zero-order valence-corrected chi connectivity index (χ0v) is 10.9. The van der Waals surface area contributed by atoms with E-state index in [0.29, 0.717) is 11.3 Å². The van der Waals surface area contributed by atoms with E-state index < -0.39 is 0 Å². The maximum atomic E-state index is 11.5. The van der Waals surface area contributed by atoms with E-state index in [1.165, 1.54) is 12.8 Å². The Labute approximate surface area is 95.0 Å². The lowest BCUT2D eigenvalue weighted by Gasteiger charge is -2.20. The summed E-state index contributed by atoms with van der Waals surface area (Å²) in [5.74, 6) is 0.817. The van der Waals surface area contributed by atoms with Crippen molar-refractivity contribution in [2.75, 3.05) is 6.54 Å². The van der Waals surface area contributed by atoms with Crippen LogP contribution in [-0.2, 0) is 4.79 Å². The summed E-state index contributed by atoms with van der Waals surface area (Å²) in [5.41, 5.74) is 0.413. The average Bonchev–Trinajstić information content (AvgIpc) is 2.93. The van der Waals surface area contributed by atoms with Crippen LogP contribution in [0.25, 0.3) is 0 Å². The predicted octanol–water partition coefficient (Wildman–Crippen LogP) is 2.71. The van der Waals surface area contributed by atoms with Gasteiger partial charge in [-0.1, -0.05) is 36.7 Å². The first-order valence-corrected chi connectivity index (χ1v) is 6.35. The van der Waals surface area contributed by atoms with E-state index in [1.807, 2.05) is 6.92 Å². The lowest BCUT2D eigenvalue weighted by Crippen LogP contribution is -2.36. The van der Waals surface area contributed by atoms with E-state index in [9.17, 15) is 4.79 Å². The topological polar surface area (TPSA) is 29.1 Å². The van der Waals surface area contributed by atoms with E-state index >= 15 is 0 Å². The zero-order valence-electron chi connectivity index (χ0n) is 9.27. The van der Waals surface area contributed by atoms with Crippen LogP contribution in [0.5, 0.6) is 0 Å². The molecule has 0 bridgehead atoms. The predicted molar refractivity (Wildman–Crippen MR) is 62.5 cm³/mol. The third-order valence-corrected chi connectivity index (χ3v) is 4.44. The molecule has 0 spiro atoms. The van der Waals surface area contributed by atoms with Crippen LogP contribution in [0.4, 0.5) is 0 Å². The lowest BCUT2D eigenvalue weighted by molar-refractivity contribution is -0.120. The van der Waals surface area contributed by atoms with E-state index in [2.05, 4.69) is 35.1 Å². The molecule has 0 aromatic heterocycles. The van der Waals surface area contributed by atoms with E-state index in [0.717, 1.165) is 13.0 Å².